The molecule has 4 aromatic rings. The van der Waals surface area contributed by atoms with Gasteiger partial charge in [0, 0.05) is 68.0 Å². The highest BCUT2D eigenvalue weighted by molar-refractivity contribution is 5.87. The molecule has 3 fully saturated rings. The van der Waals surface area contributed by atoms with E-state index in [2.05, 4.69) is 56.8 Å². The number of ether oxygens (including phenoxy) is 3. The lowest BCUT2D eigenvalue weighted by molar-refractivity contribution is -0.220. The van der Waals surface area contributed by atoms with E-state index in [1.54, 1.807) is 36.7 Å². The van der Waals surface area contributed by atoms with Gasteiger partial charge in [-0.1, -0.05) is 36.1 Å². The number of anilines is 1. The van der Waals surface area contributed by atoms with Crippen LogP contribution in [0.25, 0.3) is 11.1 Å². The van der Waals surface area contributed by atoms with Crippen molar-refractivity contribution in [2.45, 2.75) is 115 Å². The molecule has 0 spiro atoms. The van der Waals surface area contributed by atoms with Gasteiger partial charge in [0.05, 0.1) is 74.9 Å². The number of nitrogens with zero attached hydrogens (tertiary/aromatic N) is 7. The lowest BCUT2D eigenvalue weighted by Crippen LogP contribution is -2.62. The number of alkyl carbamates (subject to hydrolysis) is 2. The molecule has 82 heavy (non-hydrogen) atoms. The van der Waals surface area contributed by atoms with Gasteiger partial charge in [-0.2, -0.15) is 40.2 Å². The van der Waals surface area contributed by atoms with Gasteiger partial charge in [-0.05, 0) is 88.3 Å². The number of carbonyl (C=O) groups is 4. The van der Waals surface area contributed by atoms with Crippen molar-refractivity contribution in [3.05, 3.63) is 95.3 Å². The molecule has 446 valence electrons. The highest BCUT2D eigenvalue weighted by Crippen LogP contribution is 2.42. The number of carbonyl (C=O) groups excluding carboxylic acids is 4. The summed E-state index contributed by atoms with van der Waals surface area (Å²) in [4.78, 5) is 67.6. The average molecular weight is 1170 g/mol. The molecule has 5 heterocycles. The van der Waals surface area contributed by atoms with E-state index >= 15 is 4.39 Å². The molecule has 0 saturated carbocycles. The molecule has 0 aliphatic carbocycles. The van der Waals surface area contributed by atoms with Gasteiger partial charge in [-0.15, -0.1) is 0 Å². The molecule has 2 bridgehead atoms. The summed E-state index contributed by atoms with van der Waals surface area (Å²) in [5.41, 5.74) is -4.15. The number of halogens is 9. The Morgan fingerprint density at radius 1 is 0.780 bits per heavy atom. The van der Waals surface area contributed by atoms with Crippen molar-refractivity contribution in [2.75, 3.05) is 65.2 Å². The Kier molecular flexibility index (Phi) is 19.7. The van der Waals surface area contributed by atoms with Gasteiger partial charge in [-0.3, -0.25) is 19.4 Å². The minimum Gasteiger partial charge on any atom is -0.453 e. The predicted octanol–water partition coefficient (Wildman–Crippen LogP) is 5.96. The van der Waals surface area contributed by atoms with Gasteiger partial charge in [-0.25, -0.2) is 28.6 Å². The fourth-order valence-electron chi connectivity index (χ4n) is 9.86. The van der Waals surface area contributed by atoms with E-state index in [4.69, 9.17) is 4.74 Å². The summed E-state index contributed by atoms with van der Waals surface area (Å²) >= 11 is 0. The van der Waals surface area contributed by atoms with Crippen LogP contribution < -0.4 is 26.2 Å². The van der Waals surface area contributed by atoms with Crippen LogP contribution in [0.3, 0.4) is 0 Å². The zero-order chi connectivity index (χ0) is 59.9. The van der Waals surface area contributed by atoms with Gasteiger partial charge in [0.25, 0.3) is 0 Å². The number of nitrogens with one attached hydrogen (secondary N) is 4. The lowest BCUT2D eigenvalue weighted by Gasteiger charge is -2.47. The number of fused-ring (bicyclic) bond motifs is 2. The Morgan fingerprint density at radius 3 is 1.87 bits per heavy atom. The first kappa shape index (κ1) is 62.4. The Bertz CT molecular complexity index is 2920. The molecular weight excluding hydrogens is 1100 g/mol. The van der Waals surface area contributed by atoms with Gasteiger partial charge in [0.1, 0.15) is 17.9 Å². The first-order valence-corrected chi connectivity index (χ1v) is 26.0. The highest BCUT2D eigenvalue weighted by atomic mass is 19.4. The number of rotatable bonds is 21. The number of piperazine rings is 1. The van der Waals surface area contributed by atoms with Gasteiger partial charge in [0.2, 0.25) is 17.8 Å². The Hall–Kier alpha value is -7.22. The minimum atomic E-state index is -5.10. The summed E-state index contributed by atoms with van der Waals surface area (Å²) in [6, 6.07) is 5.14. The molecule has 0 radical (unpaired) electrons. The van der Waals surface area contributed by atoms with E-state index in [0.717, 1.165) is 71.8 Å². The molecule has 7 rings (SSSR count). The smallest absolute Gasteiger partial charge is 0.407 e. The van der Waals surface area contributed by atoms with Crippen molar-refractivity contribution in [1.82, 2.24) is 50.8 Å². The second-order valence-corrected chi connectivity index (χ2v) is 21.4. The van der Waals surface area contributed by atoms with Crippen LogP contribution in [0.15, 0.2) is 67.3 Å². The fourth-order valence-corrected chi connectivity index (χ4v) is 9.86. The maximum absolute atomic E-state index is 15.8. The van der Waals surface area contributed by atoms with E-state index in [9.17, 15) is 59.4 Å². The van der Waals surface area contributed by atoms with E-state index in [1.165, 1.54) is 17.0 Å². The van der Waals surface area contributed by atoms with Crippen LogP contribution in [0, 0.1) is 28.5 Å². The molecular formula is C54H64F9N11O8. The van der Waals surface area contributed by atoms with E-state index in [1.807, 2.05) is 10.6 Å². The molecule has 3 aliphatic rings. The molecule has 2 aromatic carbocycles. The number of benzene rings is 2. The number of hydrogen-bond acceptors (Lipinski definition) is 14. The van der Waals surface area contributed by atoms with Crippen LogP contribution in [-0.2, 0) is 36.6 Å². The normalized spacial score (nSPS) is 18.4. The van der Waals surface area contributed by atoms with Gasteiger partial charge in [0.15, 0.2) is 0 Å². The van der Waals surface area contributed by atoms with Gasteiger partial charge < -0.3 is 45.5 Å². The Balaban J connectivity index is 1.14. The molecule has 28 heteroatoms. The maximum Gasteiger partial charge on any atom is 0.407 e. The number of hydrogen-bond donors (Lipinski definition) is 5. The minimum absolute atomic E-state index is 0.000943. The SMILES string of the molecule is COC(=O)N[C@H](C(=O)NCN(CCc1ccc(-c2cnn(C(F)F)c2)cc1F)C[C@H](O)[C@H](Cc1ccc(C#Cc2cnc(N3CC4CCC(C3)N4C3COC3)nc2)cc1)NC(=O)[C@@H](NC(=O)OC)C(C)(C)C(F)(F)F)C(C)(C)C(F)(F)F. The number of aromatic nitrogens is 4. The first-order chi connectivity index (χ1) is 38.6. The third-order valence-corrected chi connectivity index (χ3v) is 15.2. The average Bonchev–Trinajstić information content (AvgIpc) is 4.04. The number of amides is 4. The monoisotopic (exact) mass is 1170 g/mol. The number of aliphatic hydroxyl groups is 1. The highest BCUT2D eigenvalue weighted by Gasteiger charge is 2.57. The lowest BCUT2D eigenvalue weighted by atomic mass is 9.82. The van der Waals surface area contributed by atoms with Crippen molar-refractivity contribution < 1.29 is 78.0 Å². The molecule has 4 amide bonds. The second kappa shape index (κ2) is 25.9. The van der Waals surface area contributed by atoms with Crippen molar-refractivity contribution in [2.24, 2.45) is 10.8 Å². The summed E-state index contributed by atoms with van der Waals surface area (Å²) in [5, 5.41) is 24.2. The number of alkyl halides is 8. The van der Waals surface area contributed by atoms with E-state index < -0.39 is 97.0 Å². The van der Waals surface area contributed by atoms with Gasteiger partial charge >= 0.3 is 31.1 Å². The maximum atomic E-state index is 15.8. The third kappa shape index (κ3) is 14.9. The predicted molar refractivity (Wildman–Crippen MR) is 277 cm³/mol. The first-order valence-electron chi connectivity index (χ1n) is 26.0. The van der Waals surface area contributed by atoms with Crippen LogP contribution in [0.1, 0.15) is 69.3 Å². The topological polar surface area (TPSA) is 218 Å². The van der Waals surface area contributed by atoms with Crippen molar-refractivity contribution in [3.63, 3.8) is 0 Å². The zero-order valence-electron chi connectivity index (χ0n) is 45.6. The molecule has 6 atom stereocenters. The summed E-state index contributed by atoms with van der Waals surface area (Å²) in [6.45, 7) is 1.06. The summed E-state index contributed by atoms with van der Waals surface area (Å²) < 4.78 is 144. The quantitative estimate of drug-likeness (QED) is 0.0370. The van der Waals surface area contributed by atoms with Crippen molar-refractivity contribution >= 4 is 29.9 Å². The Morgan fingerprint density at radius 2 is 1.35 bits per heavy atom. The summed E-state index contributed by atoms with van der Waals surface area (Å²) in [6.07, 6.45) is -7.84. The largest absolute Gasteiger partial charge is 0.453 e. The molecule has 3 saturated heterocycles. The zero-order valence-corrected chi connectivity index (χ0v) is 45.6. The standard InChI is InChI=1S/C54H64F9N11O8/c1-51(2,53(58,59)60)43(69-49(78)80-5)45(76)66-30-71(18-17-34-13-14-35(20-40(34)55)36-23-67-73(24-36)47(56)57)27-42(75)41(68-46(77)44(70-50(79)81-6)52(3,4)54(61,62)63)19-32-10-7-31(8-11-32)9-12-33-21-64-48(65-22-33)72-25-37-15-16-38(26-72)74(37)39-28-82-29-39/h7-8,10-11,13-14,20-24,37-39,41-44,47,75H,15-19,25-30H2,1-6H3,(H,66,76)(H,68,77)(H,69,78)(H,70,79)/t37?,38?,41-,42-,43+,44+/m0/s1. The van der Waals surface area contributed by atoms with Crippen molar-refractivity contribution in [3.8, 4) is 23.0 Å². The van der Waals surface area contributed by atoms with Crippen LogP contribution in [0.2, 0.25) is 0 Å². The van der Waals surface area contributed by atoms with Crippen molar-refractivity contribution in [1.29, 1.82) is 0 Å². The van der Waals surface area contributed by atoms with Crippen LogP contribution in [-0.4, -0.2) is 174 Å². The fraction of sp³-hybridized carbons (Fsp3) is 0.537. The Labute approximate surface area is 466 Å². The molecule has 3 aliphatic heterocycles. The molecule has 5 N–H and O–H groups in total. The van der Waals surface area contributed by atoms with Crippen LogP contribution >= 0.6 is 0 Å². The third-order valence-electron chi connectivity index (χ3n) is 15.2. The van der Waals surface area contributed by atoms with Crippen LogP contribution in [0.4, 0.5) is 55.1 Å². The van der Waals surface area contributed by atoms with Crippen LogP contribution in [0.5, 0.6) is 0 Å². The van der Waals surface area contributed by atoms with E-state index in [0.29, 0.717) is 73.1 Å². The summed E-state index contributed by atoms with van der Waals surface area (Å²) in [5.74, 6) is 3.00. The number of methoxy groups -OCH3 is 2. The number of aliphatic hydroxyl groups excluding tert-OH is 1. The molecule has 19 nitrogen and oxygen atoms in total. The molecule has 2 unspecified atom stereocenters. The van der Waals surface area contributed by atoms with E-state index in [-0.39, 0.29) is 36.1 Å². The summed E-state index contributed by atoms with van der Waals surface area (Å²) in [7, 11) is 1.73. The molecule has 2 aromatic heterocycles. The second-order valence-electron chi connectivity index (χ2n) is 21.4.